The Morgan fingerprint density at radius 2 is 2.07 bits per heavy atom. The van der Waals surface area contributed by atoms with Crippen LogP contribution in [0.1, 0.15) is 6.42 Å². The molecule has 1 fully saturated rings. The summed E-state index contributed by atoms with van der Waals surface area (Å²) in [4.78, 5) is 22.5. The van der Waals surface area contributed by atoms with E-state index in [-0.39, 0.29) is 11.8 Å². The van der Waals surface area contributed by atoms with E-state index in [1.165, 1.54) is 6.08 Å². The van der Waals surface area contributed by atoms with Gasteiger partial charge in [-0.3, -0.25) is 4.79 Å². The molecule has 0 N–H and O–H groups in total. The van der Waals surface area contributed by atoms with Gasteiger partial charge in [0.25, 0.3) is 0 Å². The number of ether oxygens (including phenoxy) is 1. The molecule has 2 aliphatic carbocycles. The van der Waals surface area contributed by atoms with Crippen molar-refractivity contribution in [2.45, 2.75) is 6.42 Å². The van der Waals surface area contributed by atoms with E-state index in [0.717, 1.165) is 16.7 Å². The van der Waals surface area contributed by atoms with E-state index >= 15 is 0 Å². The fraction of sp³-hybridized carbons (Fsp3) is 0.167. The molecule has 0 spiro atoms. The number of allylic oxidation sites excluding steroid dienone is 6. The molecule has 0 bridgehead atoms. The average Bonchev–Trinajstić information content (AvgIpc) is 2.60. The van der Waals surface area contributed by atoms with Crippen LogP contribution in [0.4, 0.5) is 0 Å². The molecule has 3 rings (SSSR count). The number of rotatable bonds is 0. The van der Waals surface area contributed by atoms with Crippen molar-refractivity contribution in [3.8, 4) is 0 Å². The molecule has 0 amide bonds. The SMILES string of the molecule is O=C1C=CC2=C3COC(=O)C3=CCC2=C1. The number of carbonyl (C=O) groups is 2. The van der Waals surface area contributed by atoms with E-state index in [2.05, 4.69) is 0 Å². The van der Waals surface area contributed by atoms with Crippen LogP contribution in [0.25, 0.3) is 0 Å². The minimum Gasteiger partial charge on any atom is -0.457 e. The second-order valence-corrected chi connectivity index (χ2v) is 3.70. The zero-order valence-corrected chi connectivity index (χ0v) is 7.95. The Kier molecular flexibility index (Phi) is 1.57. The van der Waals surface area contributed by atoms with Crippen molar-refractivity contribution in [2.75, 3.05) is 6.61 Å². The summed E-state index contributed by atoms with van der Waals surface area (Å²) >= 11 is 0. The third kappa shape index (κ3) is 1.13. The summed E-state index contributed by atoms with van der Waals surface area (Å²) in [6.45, 7) is 0.329. The number of hydrogen-bond acceptors (Lipinski definition) is 3. The Morgan fingerprint density at radius 3 is 2.93 bits per heavy atom. The topological polar surface area (TPSA) is 43.4 Å². The normalized spacial score (nSPS) is 23.2. The summed E-state index contributed by atoms with van der Waals surface area (Å²) in [5, 5.41) is 0. The maximum absolute atomic E-state index is 11.3. The standard InChI is InChI=1S/C12H8O3/c13-8-2-4-9-7(5-8)1-3-10-11(9)6-15-12(10)14/h2-5H,1,6H2. The predicted molar refractivity (Wildman–Crippen MR) is 52.9 cm³/mol. The van der Waals surface area contributed by atoms with Gasteiger partial charge in [0, 0.05) is 5.57 Å². The van der Waals surface area contributed by atoms with Gasteiger partial charge in [-0.15, -0.1) is 0 Å². The van der Waals surface area contributed by atoms with Gasteiger partial charge in [0.05, 0.1) is 5.57 Å². The smallest absolute Gasteiger partial charge is 0.338 e. The highest BCUT2D eigenvalue weighted by atomic mass is 16.5. The van der Waals surface area contributed by atoms with Gasteiger partial charge in [0.1, 0.15) is 6.61 Å². The Morgan fingerprint density at radius 1 is 1.20 bits per heavy atom. The van der Waals surface area contributed by atoms with Gasteiger partial charge in [0.2, 0.25) is 0 Å². The van der Waals surface area contributed by atoms with E-state index in [4.69, 9.17) is 4.74 Å². The Labute approximate surface area is 86.4 Å². The molecule has 3 nitrogen and oxygen atoms in total. The third-order valence-corrected chi connectivity index (χ3v) is 2.82. The van der Waals surface area contributed by atoms with Crippen LogP contribution in [0.15, 0.2) is 46.6 Å². The number of hydrogen-bond donors (Lipinski definition) is 0. The first kappa shape index (κ1) is 8.41. The second kappa shape index (κ2) is 2.79. The van der Waals surface area contributed by atoms with Crippen LogP contribution in [0, 0.1) is 0 Å². The fourth-order valence-electron chi connectivity index (χ4n) is 2.09. The molecule has 0 saturated carbocycles. The summed E-state index contributed by atoms with van der Waals surface area (Å²) < 4.78 is 4.96. The lowest BCUT2D eigenvalue weighted by Crippen LogP contribution is -2.08. The molecule has 0 aromatic heterocycles. The van der Waals surface area contributed by atoms with Crippen LogP contribution in [-0.4, -0.2) is 18.4 Å². The van der Waals surface area contributed by atoms with Gasteiger partial charge in [0.15, 0.2) is 5.78 Å². The van der Waals surface area contributed by atoms with Crippen molar-refractivity contribution in [1.29, 1.82) is 0 Å². The molecule has 15 heavy (non-hydrogen) atoms. The fourth-order valence-corrected chi connectivity index (χ4v) is 2.09. The molecule has 1 aliphatic heterocycles. The Bertz CT molecular complexity index is 501. The zero-order chi connectivity index (χ0) is 10.4. The number of ketones is 1. The van der Waals surface area contributed by atoms with Crippen molar-refractivity contribution in [1.82, 2.24) is 0 Å². The van der Waals surface area contributed by atoms with Gasteiger partial charge in [-0.1, -0.05) is 12.2 Å². The van der Waals surface area contributed by atoms with E-state index in [9.17, 15) is 9.59 Å². The summed E-state index contributed by atoms with van der Waals surface area (Å²) in [5.41, 5.74) is 3.56. The van der Waals surface area contributed by atoms with Crippen LogP contribution >= 0.6 is 0 Å². The van der Waals surface area contributed by atoms with Crippen molar-refractivity contribution >= 4 is 11.8 Å². The van der Waals surface area contributed by atoms with Gasteiger partial charge in [-0.25, -0.2) is 4.79 Å². The molecule has 0 aromatic rings. The highest BCUT2D eigenvalue weighted by molar-refractivity contribution is 6.04. The van der Waals surface area contributed by atoms with Gasteiger partial charge in [-0.05, 0) is 29.7 Å². The van der Waals surface area contributed by atoms with E-state index < -0.39 is 0 Å². The van der Waals surface area contributed by atoms with Crippen LogP contribution in [0.3, 0.4) is 0 Å². The lowest BCUT2D eigenvalue weighted by molar-refractivity contribution is -0.135. The number of fused-ring (bicyclic) bond motifs is 2. The lowest BCUT2D eigenvalue weighted by atomic mass is 9.85. The minimum absolute atomic E-state index is 0.0106. The molecular weight excluding hydrogens is 192 g/mol. The molecule has 1 saturated heterocycles. The molecule has 0 atom stereocenters. The van der Waals surface area contributed by atoms with Crippen LogP contribution in [0.2, 0.25) is 0 Å². The summed E-state index contributed by atoms with van der Waals surface area (Å²) in [6.07, 6.45) is 7.41. The van der Waals surface area contributed by atoms with Gasteiger partial charge < -0.3 is 4.74 Å². The van der Waals surface area contributed by atoms with E-state index in [1.54, 1.807) is 12.2 Å². The van der Waals surface area contributed by atoms with Crippen molar-refractivity contribution < 1.29 is 14.3 Å². The zero-order valence-electron chi connectivity index (χ0n) is 7.95. The predicted octanol–water partition coefficient (Wildman–Crippen LogP) is 1.24. The van der Waals surface area contributed by atoms with Gasteiger partial charge in [-0.2, -0.15) is 0 Å². The third-order valence-electron chi connectivity index (χ3n) is 2.82. The molecule has 0 aromatic carbocycles. The first-order valence-corrected chi connectivity index (χ1v) is 4.79. The van der Waals surface area contributed by atoms with Crippen molar-refractivity contribution in [2.24, 2.45) is 0 Å². The first-order chi connectivity index (χ1) is 7.25. The quantitative estimate of drug-likeness (QED) is 0.552. The minimum atomic E-state index is -0.248. The Balaban J connectivity index is 2.17. The van der Waals surface area contributed by atoms with Crippen LogP contribution < -0.4 is 0 Å². The maximum Gasteiger partial charge on any atom is 0.338 e. The highest BCUT2D eigenvalue weighted by Crippen LogP contribution is 2.36. The highest BCUT2D eigenvalue weighted by Gasteiger charge is 2.31. The second-order valence-electron chi connectivity index (χ2n) is 3.70. The molecular formula is C12H8O3. The molecule has 3 aliphatic rings. The van der Waals surface area contributed by atoms with Crippen molar-refractivity contribution in [3.63, 3.8) is 0 Å². The lowest BCUT2D eigenvalue weighted by Gasteiger charge is -2.17. The summed E-state index contributed by atoms with van der Waals surface area (Å²) in [7, 11) is 0. The number of cyclic esters (lactones) is 1. The number of esters is 1. The summed E-state index contributed by atoms with van der Waals surface area (Å²) in [6, 6.07) is 0. The van der Waals surface area contributed by atoms with Gasteiger partial charge >= 0.3 is 5.97 Å². The molecule has 74 valence electrons. The average molecular weight is 200 g/mol. The summed E-state index contributed by atoms with van der Waals surface area (Å²) in [5.74, 6) is -0.238. The first-order valence-electron chi connectivity index (χ1n) is 4.79. The van der Waals surface area contributed by atoms with E-state index in [0.29, 0.717) is 18.6 Å². The van der Waals surface area contributed by atoms with Crippen molar-refractivity contribution in [3.05, 3.63) is 46.6 Å². The molecule has 0 radical (unpaired) electrons. The molecule has 3 heteroatoms. The van der Waals surface area contributed by atoms with Crippen LogP contribution in [0.5, 0.6) is 0 Å². The Hall–Kier alpha value is -1.90. The van der Waals surface area contributed by atoms with E-state index in [1.807, 2.05) is 6.08 Å². The largest absolute Gasteiger partial charge is 0.457 e. The monoisotopic (exact) mass is 200 g/mol. The van der Waals surface area contributed by atoms with Crippen LogP contribution in [-0.2, 0) is 14.3 Å². The maximum atomic E-state index is 11.3. The number of carbonyl (C=O) groups excluding carboxylic acids is 2. The molecule has 1 heterocycles. The molecule has 0 unspecified atom stereocenters.